The van der Waals surface area contributed by atoms with Gasteiger partial charge in [0.15, 0.2) is 5.82 Å². The van der Waals surface area contributed by atoms with Crippen LogP contribution in [0.25, 0.3) is 11.4 Å². The summed E-state index contributed by atoms with van der Waals surface area (Å²) in [6.07, 6.45) is 3.69. The fourth-order valence-electron chi connectivity index (χ4n) is 2.54. The van der Waals surface area contributed by atoms with Gasteiger partial charge in [0, 0.05) is 0 Å². The molecular formula is C19H16FN3O2. The Labute approximate surface area is 144 Å². The van der Waals surface area contributed by atoms with Crippen LogP contribution in [0.15, 0.2) is 54.9 Å². The molecule has 0 bridgehead atoms. The molecular weight excluding hydrogens is 321 g/mol. The van der Waals surface area contributed by atoms with E-state index in [1.807, 2.05) is 13.0 Å². The van der Waals surface area contributed by atoms with Gasteiger partial charge in [-0.25, -0.2) is 19.2 Å². The van der Waals surface area contributed by atoms with Crippen molar-refractivity contribution in [3.05, 3.63) is 71.8 Å². The van der Waals surface area contributed by atoms with Gasteiger partial charge in [0.2, 0.25) is 0 Å². The van der Waals surface area contributed by atoms with Crippen molar-refractivity contribution in [2.75, 3.05) is 5.32 Å². The third-order valence-electron chi connectivity index (χ3n) is 3.80. The van der Waals surface area contributed by atoms with Crippen LogP contribution in [-0.2, 0) is 6.42 Å². The maximum atomic E-state index is 13.8. The first-order valence-electron chi connectivity index (χ1n) is 7.79. The van der Waals surface area contributed by atoms with Crippen molar-refractivity contribution in [2.24, 2.45) is 0 Å². The van der Waals surface area contributed by atoms with Crippen LogP contribution in [0.5, 0.6) is 0 Å². The minimum absolute atomic E-state index is 0.178. The number of carbonyl (C=O) groups is 1. The first kappa shape index (κ1) is 16.6. The van der Waals surface area contributed by atoms with Crippen LogP contribution in [-0.4, -0.2) is 21.0 Å². The quantitative estimate of drug-likeness (QED) is 0.726. The molecule has 0 fully saturated rings. The average molecular weight is 337 g/mol. The predicted molar refractivity (Wildman–Crippen MR) is 93.5 cm³/mol. The van der Waals surface area contributed by atoms with Crippen molar-refractivity contribution in [1.29, 1.82) is 0 Å². The monoisotopic (exact) mass is 337 g/mol. The van der Waals surface area contributed by atoms with Crippen LogP contribution in [0.1, 0.15) is 22.8 Å². The number of anilines is 2. The van der Waals surface area contributed by atoms with Crippen LogP contribution < -0.4 is 5.32 Å². The fourth-order valence-corrected chi connectivity index (χ4v) is 2.54. The minimum Gasteiger partial charge on any atom is -0.478 e. The average Bonchev–Trinajstić information content (AvgIpc) is 2.63. The number of halogens is 1. The SMILES string of the molecule is CCc1cccc(C(=O)O)c1Nc1cnc(-c2ccccc2F)nc1. The number of carboxylic acids is 1. The summed E-state index contributed by atoms with van der Waals surface area (Å²) in [6, 6.07) is 11.4. The van der Waals surface area contributed by atoms with E-state index < -0.39 is 11.8 Å². The van der Waals surface area contributed by atoms with Gasteiger partial charge < -0.3 is 10.4 Å². The van der Waals surface area contributed by atoms with Crippen molar-refractivity contribution in [2.45, 2.75) is 13.3 Å². The predicted octanol–water partition coefficient (Wildman–Crippen LogP) is 4.29. The molecule has 5 nitrogen and oxygen atoms in total. The van der Waals surface area contributed by atoms with E-state index in [1.54, 1.807) is 30.3 Å². The summed E-state index contributed by atoms with van der Waals surface area (Å²) in [6.45, 7) is 1.95. The number of nitrogens with zero attached hydrogens (tertiary/aromatic N) is 2. The number of hydrogen-bond donors (Lipinski definition) is 2. The van der Waals surface area contributed by atoms with Crippen LogP contribution in [0, 0.1) is 5.82 Å². The second kappa shape index (κ2) is 7.09. The van der Waals surface area contributed by atoms with E-state index in [0.717, 1.165) is 5.56 Å². The molecule has 1 heterocycles. The third kappa shape index (κ3) is 3.47. The molecule has 1 aromatic heterocycles. The number of para-hydroxylation sites is 1. The van der Waals surface area contributed by atoms with Gasteiger partial charge >= 0.3 is 5.97 Å². The zero-order valence-corrected chi connectivity index (χ0v) is 13.5. The zero-order valence-electron chi connectivity index (χ0n) is 13.5. The normalized spacial score (nSPS) is 10.5. The molecule has 0 atom stereocenters. The lowest BCUT2D eigenvalue weighted by atomic mass is 10.0. The molecule has 0 aliphatic carbocycles. The molecule has 0 unspecified atom stereocenters. The van der Waals surface area contributed by atoms with E-state index in [1.165, 1.54) is 18.5 Å². The fraction of sp³-hybridized carbons (Fsp3) is 0.105. The van der Waals surface area contributed by atoms with Gasteiger partial charge in [0.1, 0.15) is 5.82 Å². The van der Waals surface area contributed by atoms with Crippen LogP contribution in [0.3, 0.4) is 0 Å². The molecule has 0 radical (unpaired) electrons. The van der Waals surface area contributed by atoms with Crippen LogP contribution in [0.4, 0.5) is 15.8 Å². The molecule has 0 aliphatic heterocycles. The largest absolute Gasteiger partial charge is 0.478 e. The Balaban J connectivity index is 1.93. The van der Waals surface area contributed by atoms with Crippen molar-refractivity contribution in [3.8, 4) is 11.4 Å². The minimum atomic E-state index is -1.01. The molecule has 2 N–H and O–H groups in total. The number of hydrogen-bond acceptors (Lipinski definition) is 4. The number of aromatic carboxylic acids is 1. The molecule has 3 aromatic rings. The summed E-state index contributed by atoms with van der Waals surface area (Å²) in [4.78, 5) is 19.8. The number of nitrogens with one attached hydrogen (secondary N) is 1. The van der Waals surface area contributed by atoms with Crippen molar-refractivity contribution >= 4 is 17.3 Å². The number of benzene rings is 2. The Morgan fingerprint density at radius 2 is 1.84 bits per heavy atom. The number of aryl methyl sites for hydroxylation is 1. The third-order valence-corrected chi connectivity index (χ3v) is 3.80. The summed E-state index contributed by atoms with van der Waals surface area (Å²) in [5.41, 5.74) is 2.41. The molecule has 25 heavy (non-hydrogen) atoms. The molecule has 2 aromatic carbocycles. The highest BCUT2D eigenvalue weighted by molar-refractivity contribution is 5.96. The molecule has 0 spiro atoms. The van der Waals surface area contributed by atoms with E-state index in [9.17, 15) is 14.3 Å². The summed E-state index contributed by atoms with van der Waals surface area (Å²) in [5.74, 6) is -1.14. The number of rotatable bonds is 5. The van der Waals surface area contributed by atoms with E-state index >= 15 is 0 Å². The molecule has 0 aliphatic rings. The molecule has 3 rings (SSSR count). The summed E-state index contributed by atoms with van der Waals surface area (Å²) < 4.78 is 13.8. The maximum absolute atomic E-state index is 13.8. The lowest BCUT2D eigenvalue weighted by molar-refractivity contribution is 0.0698. The smallest absolute Gasteiger partial charge is 0.337 e. The van der Waals surface area contributed by atoms with Crippen molar-refractivity contribution in [3.63, 3.8) is 0 Å². The van der Waals surface area contributed by atoms with Gasteiger partial charge in [-0.1, -0.05) is 31.2 Å². The Bertz CT molecular complexity index is 911. The van der Waals surface area contributed by atoms with Gasteiger partial charge in [0.05, 0.1) is 34.9 Å². The Morgan fingerprint density at radius 1 is 1.12 bits per heavy atom. The summed E-state index contributed by atoms with van der Waals surface area (Å²) in [5, 5.41) is 12.4. The first-order valence-corrected chi connectivity index (χ1v) is 7.79. The highest BCUT2D eigenvalue weighted by Gasteiger charge is 2.14. The lowest BCUT2D eigenvalue weighted by Gasteiger charge is -2.13. The van der Waals surface area contributed by atoms with Crippen LogP contribution >= 0.6 is 0 Å². The van der Waals surface area contributed by atoms with E-state index in [4.69, 9.17) is 0 Å². The van der Waals surface area contributed by atoms with E-state index in [-0.39, 0.29) is 11.4 Å². The summed E-state index contributed by atoms with van der Waals surface area (Å²) in [7, 11) is 0. The Kier molecular flexibility index (Phi) is 4.70. The molecule has 6 heteroatoms. The highest BCUT2D eigenvalue weighted by Crippen LogP contribution is 2.26. The van der Waals surface area contributed by atoms with E-state index in [2.05, 4.69) is 15.3 Å². The highest BCUT2D eigenvalue weighted by atomic mass is 19.1. The number of aromatic nitrogens is 2. The second-order valence-corrected chi connectivity index (χ2v) is 5.40. The lowest BCUT2D eigenvalue weighted by Crippen LogP contribution is -2.06. The topological polar surface area (TPSA) is 75.1 Å². The van der Waals surface area contributed by atoms with Crippen LogP contribution in [0.2, 0.25) is 0 Å². The van der Waals surface area contributed by atoms with Gasteiger partial charge in [-0.3, -0.25) is 0 Å². The molecule has 0 amide bonds. The van der Waals surface area contributed by atoms with E-state index in [0.29, 0.717) is 23.4 Å². The van der Waals surface area contributed by atoms with Gasteiger partial charge in [-0.05, 0) is 30.2 Å². The molecule has 0 saturated heterocycles. The van der Waals surface area contributed by atoms with Crippen molar-refractivity contribution < 1.29 is 14.3 Å². The first-order chi connectivity index (χ1) is 12.1. The maximum Gasteiger partial charge on any atom is 0.337 e. The van der Waals surface area contributed by atoms with Crippen molar-refractivity contribution in [1.82, 2.24) is 9.97 Å². The second-order valence-electron chi connectivity index (χ2n) is 5.40. The summed E-state index contributed by atoms with van der Waals surface area (Å²) >= 11 is 0. The standard InChI is InChI=1S/C19H16FN3O2/c1-2-12-6-5-8-15(19(24)25)17(12)23-13-10-21-18(22-11-13)14-7-3-4-9-16(14)20/h3-11,23H,2H2,1H3,(H,24,25). The van der Waals surface area contributed by atoms with Gasteiger partial charge in [0.25, 0.3) is 0 Å². The number of carboxylic acid groups (broad SMARTS) is 1. The molecule has 0 saturated carbocycles. The van der Waals surface area contributed by atoms with Gasteiger partial charge in [-0.2, -0.15) is 0 Å². The zero-order chi connectivity index (χ0) is 17.8. The Hall–Kier alpha value is -3.28. The molecule has 126 valence electrons. The van der Waals surface area contributed by atoms with Gasteiger partial charge in [-0.15, -0.1) is 0 Å². The Morgan fingerprint density at radius 3 is 2.48 bits per heavy atom.